The van der Waals surface area contributed by atoms with Gasteiger partial charge in [-0.25, -0.2) is 17.5 Å². The van der Waals surface area contributed by atoms with Crippen LogP contribution >= 0.6 is 0 Å². The number of halogens is 1. The quantitative estimate of drug-likeness (QED) is 0.862. The second-order valence-electron chi connectivity index (χ2n) is 5.53. The van der Waals surface area contributed by atoms with E-state index < -0.39 is 34.1 Å². The van der Waals surface area contributed by atoms with Gasteiger partial charge in [-0.05, 0) is 39.2 Å². The first-order valence-electron chi connectivity index (χ1n) is 6.61. The first-order valence-corrected chi connectivity index (χ1v) is 8.10. The molecule has 0 aliphatic heterocycles. The van der Waals surface area contributed by atoms with E-state index in [0.29, 0.717) is 5.76 Å². The highest BCUT2D eigenvalue weighted by molar-refractivity contribution is 7.89. The van der Waals surface area contributed by atoms with Gasteiger partial charge >= 0.3 is 5.97 Å². The van der Waals surface area contributed by atoms with Crippen LogP contribution in [0.3, 0.4) is 0 Å². The fraction of sp³-hybridized carbons (Fsp3) is 0.615. The number of furan rings is 1. The van der Waals surface area contributed by atoms with Gasteiger partial charge in [0.1, 0.15) is 22.1 Å². The Balaban J connectivity index is 2.06. The smallest absolute Gasteiger partial charge is 0.306 e. The van der Waals surface area contributed by atoms with E-state index in [9.17, 15) is 17.6 Å². The van der Waals surface area contributed by atoms with Crippen molar-refractivity contribution in [3.8, 4) is 0 Å². The molecule has 0 amide bonds. The molecule has 1 saturated carbocycles. The number of carboxylic acid groups (broad SMARTS) is 1. The molecule has 0 saturated heterocycles. The van der Waals surface area contributed by atoms with Gasteiger partial charge in [-0.1, -0.05) is 0 Å². The van der Waals surface area contributed by atoms with Crippen molar-refractivity contribution in [1.29, 1.82) is 0 Å². The minimum atomic E-state index is -3.86. The molecule has 2 rings (SSSR count). The number of rotatable bonds is 5. The van der Waals surface area contributed by atoms with Crippen LogP contribution in [0.15, 0.2) is 15.4 Å². The minimum Gasteiger partial charge on any atom is -0.481 e. The Morgan fingerprint density at radius 2 is 2.24 bits per heavy atom. The second kappa shape index (κ2) is 5.42. The zero-order valence-corrected chi connectivity index (χ0v) is 12.7. The van der Waals surface area contributed by atoms with E-state index in [1.165, 1.54) is 13.0 Å². The van der Waals surface area contributed by atoms with Crippen molar-refractivity contribution in [2.24, 2.45) is 5.92 Å². The fourth-order valence-electron chi connectivity index (χ4n) is 2.63. The number of aryl methyl sites for hydroxylation is 2. The molecule has 1 aliphatic rings. The van der Waals surface area contributed by atoms with Gasteiger partial charge in [-0.15, -0.1) is 0 Å². The Kier molecular flexibility index (Phi) is 4.12. The number of hydrogen-bond acceptors (Lipinski definition) is 4. The summed E-state index contributed by atoms with van der Waals surface area (Å²) >= 11 is 0. The molecule has 0 aromatic carbocycles. The molecule has 118 valence electrons. The van der Waals surface area contributed by atoms with Crippen LogP contribution in [0, 0.1) is 19.8 Å². The van der Waals surface area contributed by atoms with Gasteiger partial charge in [0.15, 0.2) is 0 Å². The summed E-state index contributed by atoms with van der Waals surface area (Å²) in [5.41, 5.74) is -1.82. The predicted molar refractivity (Wildman–Crippen MR) is 72.2 cm³/mol. The summed E-state index contributed by atoms with van der Waals surface area (Å²) in [5.74, 6) is -1.10. The highest BCUT2D eigenvalue weighted by Gasteiger charge is 2.43. The molecule has 1 aliphatic carbocycles. The Morgan fingerprint density at radius 1 is 1.57 bits per heavy atom. The minimum absolute atomic E-state index is 0.0172. The number of hydrogen-bond donors (Lipinski definition) is 2. The summed E-state index contributed by atoms with van der Waals surface area (Å²) in [6.07, 6.45) is 0.0849. The van der Waals surface area contributed by atoms with Gasteiger partial charge in [0.2, 0.25) is 10.0 Å². The largest absolute Gasteiger partial charge is 0.481 e. The molecule has 1 aromatic heterocycles. The Bertz CT molecular complexity index is 654. The lowest BCUT2D eigenvalue weighted by molar-refractivity contribution is -0.141. The maximum absolute atomic E-state index is 14.5. The van der Waals surface area contributed by atoms with E-state index >= 15 is 0 Å². The third kappa shape index (κ3) is 3.44. The molecule has 2 N–H and O–H groups in total. The lowest BCUT2D eigenvalue weighted by atomic mass is 10.0. The molecular formula is C13H18FNO5S. The lowest BCUT2D eigenvalue weighted by Crippen LogP contribution is -2.38. The molecule has 21 heavy (non-hydrogen) atoms. The van der Waals surface area contributed by atoms with Crippen LogP contribution in [-0.4, -0.2) is 31.7 Å². The van der Waals surface area contributed by atoms with Gasteiger partial charge in [0.25, 0.3) is 0 Å². The topological polar surface area (TPSA) is 96.6 Å². The van der Waals surface area contributed by atoms with Crippen molar-refractivity contribution in [2.75, 3.05) is 6.54 Å². The molecule has 8 heteroatoms. The van der Waals surface area contributed by atoms with Gasteiger partial charge in [-0.2, -0.15) is 0 Å². The first kappa shape index (κ1) is 16.0. The van der Waals surface area contributed by atoms with E-state index in [0.717, 1.165) is 0 Å². The number of carboxylic acids is 1. The molecule has 0 bridgehead atoms. The number of carbonyl (C=O) groups is 1. The Hall–Kier alpha value is -1.41. The van der Waals surface area contributed by atoms with E-state index in [2.05, 4.69) is 4.72 Å². The molecule has 0 unspecified atom stereocenters. The van der Waals surface area contributed by atoms with Crippen LogP contribution in [0.5, 0.6) is 0 Å². The van der Waals surface area contributed by atoms with Crippen LogP contribution in [0.25, 0.3) is 0 Å². The average molecular weight is 319 g/mol. The highest BCUT2D eigenvalue weighted by atomic mass is 32.2. The predicted octanol–water partition coefficient (Wildman–Crippen LogP) is 1.77. The molecule has 0 spiro atoms. The van der Waals surface area contributed by atoms with E-state index in [-0.39, 0.29) is 29.9 Å². The molecule has 1 aromatic rings. The summed E-state index contributed by atoms with van der Waals surface area (Å²) < 4.78 is 46.1. The molecule has 2 atom stereocenters. The maximum atomic E-state index is 14.5. The third-order valence-electron chi connectivity index (χ3n) is 3.77. The normalized spacial score (nSPS) is 26.1. The Labute approximate surface area is 122 Å². The number of sulfonamides is 1. The molecule has 1 fully saturated rings. The molecule has 1 heterocycles. The van der Waals surface area contributed by atoms with Crippen LogP contribution in [0.2, 0.25) is 0 Å². The monoisotopic (exact) mass is 319 g/mol. The fourth-order valence-corrected chi connectivity index (χ4v) is 3.97. The van der Waals surface area contributed by atoms with Gasteiger partial charge < -0.3 is 9.52 Å². The number of alkyl halides is 1. The zero-order chi connectivity index (χ0) is 15.8. The van der Waals surface area contributed by atoms with Gasteiger partial charge in [0.05, 0.1) is 5.92 Å². The third-order valence-corrected chi connectivity index (χ3v) is 5.27. The lowest BCUT2D eigenvalue weighted by Gasteiger charge is -2.19. The molecular weight excluding hydrogens is 301 g/mol. The Morgan fingerprint density at radius 3 is 2.71 bits per heavy atom. The average Bonchev–Trinajstić information content (AvgIpc) is 2.92. The van der Waals surface area contributed by atoms with Crippen LogP contribution in [0.4, 0.5) is 4.39 Å². The van der Waals surface area contributed by atoms with Crippen LogP contribution < -0.4 is 4.72 Å². The van der Waals surface area contributed by atoms with Crippen molar-refractivity contribution < 1.29 is 27.1 Å². The standard InChI is InChI=1S/C13H18FNO5S/c1-8-5-11(9(2)20-8)21(18,19)15-7-13(14)4-3-10(6-13)12(16)17/h5,10,15H,3-4,6-7H2,1-2H3,(H,16,17)/t10-,13-/m1/s1. The van der Waals surface area contributed by atoms with E-state index in [4.69, 9.17) is 9.52 Å². The first-order chi connectivity index (χ1) is 9.63. The summed E-state index contributed by atoms with van der Waals surface area (Å²) in [5, 5.41) is 8.87. The van der Waals surface area contributed by atoms with Gasteiger partial charge in [0, 0.05) is 6.54 Å². The van der Waals surface area contributed by atoms with Crippen LogP contribution in [0.1, 0.15) is 30.8 Å². The summed E-state index contributed by atoms with van der Waals surface area (Å²) in [4.78, 5) is 10.8. The summed E-state index contributed by atoms with van der Waals surface area (Å²) in [6.45, 7) is 2.71. The molecule has 0 radical (unpaired) electrons. The summed E-state index contributed by atoms with van der Waals surface area (Å²) in [6, 6.07) is 1.37. The highest BCUT2D eigenvalue weighted by Crippen LogP contribution is 2.37. The van der Waals surface area contributed by atoms with E-state index in [1.54, 1.807) is 6.92 Å². The van der Waals surface area contributed by atoms with Crippen LogP contribution in [-0.2, 0) is 14.8 Å². The molecule has 6 nitrogen and oxygen atoms in total. The number of aliphatic carboxylic acids is 1. The van der Waals surface area contributed by atoms with Crippen molar-refractivity contribution in [3.05, 3.63) is 17.6 Å². The van der Waals surface area contributed by atoms with Crippen molar-refractivity contribution >= 4 is 16.0 Å². The maximum Gasteiger partial charge on any atom is 0.306 e. The SMILES string of the molecule is Cc1cc(S(=O)(=O)NC[C@@]2(F)CC[C@@H](C(=O)O)C2)c(C)o1. The van der Waals surface area contributed by atoms with Crippen molar-refractivity contribution in [1.82, 2.24) is 4.72 Å². The van der Waals surface area contributed by atoms with Crippen molar-refractivity contribution in [3.63, 3.8) is 0 Å². The second-order valence-corrected chi connectivity index (χ2v) is 7.27. The summed E-state index contributed by atoms with van der Waals surface area (Å²) in [7, 11) is -3.86. The zero-order valence-electron chi connectivity index (χ0n) is 11.8. The van der Waals surface area contributed by atoms with Gasteiger partial charge in [-0.3, -0.25) is 4.79 Å². The number of nitrogens with one attached hydrogen (secondary N) is 1. The van der Waals surface area contributed by atoms with Crippen molar-refractivity contribution in [2.45, 2.75) is 43.7 Å². The van der Waals surface area contributed by atoms with E-state index in [1.807, 2.05) is 0 Å².